The van der Waals surface area contributed by atoms with E-state index in [0.717, 1.165) is 17.9 Å². The minimum atomic E-state index is 0.167. The molecule has 0 saturated heterocycles. The summed E-state index contributed by atoms with van der Waals surface area (Å²) in [5, 5.41) is 0. The van der Waals surface area contributed by atoms with Crippen molar-refractivity contribution in [3.63, 3.8) is 0 Å². The smallest absolute Gasteiger partial charge is 0.119 e. The molecule has 1 rings (SSSR count). The van der Waals surface area contributed by atoms with Crippen LogP contribution in [-0.4, -0.2) is 13.2 Å². The summed E-state index contributed by atoms with van der Waals surface area (Å²) in [5.74, 6) is 1.70. The van der Waals surface area contributed by atoms with Crippen molar-refractivity contribution in [2.75, 3.05) is 7.11 Å². The molecule has 2 heteroatoms. The van der Waals surface area contributed by atoms with Gasteiger partial charge in [0.25, 0.3) is 0 Å². The van der Waals surface area contributed by atoms with Gasteiger partial charge in [-0.15, -0.1) is 6.58 Å². The summed E-state index contributed by atoms with van der Waals surface area (Å²) in [5.41, 5.74) is 0. The molecular formula is C12H16O2. The minimum absolute atomic E-state index is 0.167. The summed E-state index contributed by atoms with van der Waals surface area (Å²) in [6.45, 7) is 5.69. The summed E-state index contributed by atoms with van der Waals surface area (Å²) in [6, 6.07) is 7.57. The van der Waals surface area contributed by atoms with Crippen LogP contribution in [0.15, 0.2) is 36.9 Å². The highest BCUT2D eigenvalue weighted by Gasteiger charge is 2.01. The Labute approximate surface area is 85.2 Å². The average Bonchev–Trinajstić information content (AvgIpc) is 2.19. The fourth-order valence-electron chi connectivity index (χ4n) is 1.17. The second kappa shape index (κ2) is 5.32. The van der Waals surface area contributed by atoms with Gasteiger partial charge in [0.2, 0.25) is 0 Å². The molecule has 0 radical (unpaired) electrons. The van der Waals surface area contributed by atoms with Gasteiger partial charge in [0.15, 0.2) is 0 Å². The molecule has 0 aliphatic rings. The number of hydrogen-bond donors (Lipinski definition) is 0. The predicted octanol–water partition coefficient (Wildman–Crippen LogP) is 3.04. The lowest BCUT2D eigenvalue weighted by molar-refractivity contribution is 0.225. The molecule has 0 bridgehead atoms. The lowest BCUT2D eigenvalue weighted by atomic mass is 10.2. The first kappa shape index (κ1) is 10.6. The molecule has 0 fully saturated rings. The maximum atomic E-state index is 5.63. The van der Waals surface area contributed by atoms with E-state index >= 15 is 0 Å². The van der Waals surface area contributed by atoms with E-state index < -0.39 is 0 Å². The fraction of sp³-hybridized carbons (Fsp3) is 0.333. The topological polar surface area (TPSA) is 18.5 Å². The maximum absolute atomic E-state index is 5.63. The molecule has 0 aromatic heterocycles. The van der Waals surface area contributed by atoms with Gasteiger partial charge in [0.1, 0.15) is 11.5 Å². The Morgan fingerprint density at radius 2 is 1.86 bits per heavy atom. The maximum Gasteiger partial charge on any atom is 0.119 e. The van der Waals surface area contributed by atoms with Crippen LogP contribution in [0.1, 0.15) is 13.3 Å². The molecule has 2 nitrogen and oxygen atoms in total. The highest BCUT2D eigenvalue weighted by atomic mass is 16.5. The number of methoxy groups -OCH3 is 1. The van der Waals surface area contributed by atoms with Gasteiger partial charge in [-0.1, -0.05) is 6.08 Å². The van der Waals surface area contributed by atoms with Gasteiger partial charge in [0.05, 0.1) is 13.2 Å². The third-order valence-electron chi connectivity index (χ3n) is 1.90. The summed E-state index contributed by atoms with van der Waals surface area (Å²) in [6.07, 6.45) is 2.88. The SMILES string of the molecule is C=CC[C@@H](C)Oc1ccc(OC)cc1. The Morgan fingerprint density at radius 1 is 1.29 bits per heavy atom. The second-order valence-corrected chi connectivity index (χ2v) is 3.13. The number of ether oxygens (including phenoxy) is 2. The van der Waals surface area contributed by atoms with E-state index in [0.29, 0.717) is 0 Å². The largest absolute Gasteiger partial charge is 0.497 e. The van der Waals surface area contributed by atoms with Gasteiger partial charge in [-0.25, -0.2) is 0 Å². The molecule has 1 atom stereocenters. The van der Waals surface area contributed by atoms with Crippen molar-refractivity contribution in [1.29, 1.82) is 0 Å². The zero-order valence-electron chi connectivity index (χ0n) is 8.69. The number of rotatable bonds is 5. The van der Waals surface area contributed by atoms with Crippen LogP contribution in [0, 0.1) is 0 Å². The van der Waals surface area contributed by atoms with Crippen LogP contribution in [0.4, 0.5) is 0 Å². The Bertz CT molecular complexity index is 277. The Hall–Kier alpha value is -1.44. The zero-order chi connectivity index (χ0) is 10.4. The molecular weight excluding hydrogens is 176 g/mol. The molecule has 0 N–H and O–H groups in total. The third-order valence-corrected chi connectivity index (χ3v) is 1.90. The molecule has 0 aliphatic carbocycles. The predicted molar refractivity (Wildman–Crippen MR) is 57.9 cm³/mol. The molecule has 76 valence electrons. The van der Waals surface area contributed by atoms with Gasteiger partial charge in [-0.3, -0.25) is 0 Å². The van der Waals surface area contributed by atoms with Crippen molar-refractivity contribution in [2.45, 2.75) is 19.4 Å². The van der Waals surface area contributed by atoms with E-state index in [4.69, 9.17) is 9.47 Å². The lowest BCUT2D eigenvalue weighted by Crippen LogP contribution is -2.09. The van der Waals surface area contributed by atoms with Crippen molar-refractivity contribution in [3.8, 4) is 11.5 Å². The first-order chi connectivity index (χ1) is 6.76. The lowest BCUT2D eigenvalue weighted by Gasteiger charge is -2.12. The molecule has 1 aromatic rings. The molecule has 0 heterocycles. The van der Waals surface area contributed by atoms with Crippen molar-refractivity contribution in [3.05, 3.63) is 36.9 Å². The molecule has 0 spiro atoms. The fourth-order valence-corrected chi connectivity index (χ4v) is 1.17. The third kappa shape index (κ3) is 3.13. The Morgan fingerprint density at radius 3 is 2.36 bits per heavy atom. The summed E-state index contributed by atoms with van der Waals surface area (Å²) in [4.78, 5) is 0. The van der Waals surface area contributed by atoms with Crippen LogP contribution >= 0.6 is 0 Å². The van der Waals surface area contributed by atoms with Crippen LogP contribution < -0.4 is 9.47 Å². The summed E-state index contributed by atoms with van der Waals surface area (Å²) in [7, 11) is 1.65. The van der Waals surface area contributed by atoms with E-state index in [1.807, 2.05) is 37.3 Å². The van der Waals surface area contributed by atoms with Crippen molar-refractivity contribution >= 4 is 0 Å². The van der Waals surface area contributed by atoms with E-state index in [-0.39, 0.29) is 6.10 Å². The van der Waals surface area contributed by atoms with Crippen LogP contribution in [-0.2, 0) is 0 Å². The van der Waals surface area contributed by atoms with Crippen molar-refractivity contribution in [1.82, 2.24) is 0 Å². The van der Waals surface area contributed by atoms with Gasteiger partial charge < -0.3 is 9.47 Å². The Kier molecular flexibility index (Phi) is 4.05. The van der Waals surface area contributed by atoms with E-state index in [1.165, 1.54) is 0 Å². The van der Waals surface area contributed by atoms with Gasteiger partial charge in [-0.2, -0.15) is 0 Å². The summed E-state index contributed by atoms with van der Waals surface area (Å²) < 4.78 is 10.7. The monoisotopic (exact) mass is 192 g/mol. The van der Waals surface area contributed by atoms with Crippen LogP contribution in [0.25, 0.3) is 0 Å². The van der Waals surface area contributed by atoms with Crippen molar-refractivity contribution in [2.24, 2.45) is 0 Å². The quantitative estimate of drug-likeness (QED) is 0.667. The van der Waals surface area contributed by atoms with Gasteiger partial charge >= 0.3 is 0 Å². The highest BCUT2D eigenvalue weighted by Crippen LogP contribution is 2.18. The van der Waals surface area contributed by atoms with Crippen LogP contribution in [0.3, 0.4) is 0 Å². The van der Waals surface area contributed by atoms with E-state index in [2.05, 4.69) is 6.58 Å². The molecule has 14 heavy (non-hydrogen) atoms. The molecule has 0 amide bonds. The first-order valence-corrected chi connectivity index (χ1v) is 4.68. The van der Waals surface area contributed by atoms with Crippen LogP contribution in [0.2, 0.25) is 0 Å². The molecule has 0 saturated carbocycles. The molecule has 0 aliphatic heterocycles. The average molecular weight is 192 g/mol. The normalized spacial score (nSPS) is 11.9. The second-order valence-electron chi connectivity index (χ2n) is 3.13. The van der Waals surface area contributed by atoms with Crippen LogP contribution in [0.5, 0.6) is 11.5 Å². The minimum Gasteiger partial charge on any atom is -0.497 e. The zero-order valence-corrected chi connectivity index (χ0v) is 8.69. The number of benzene rings is 1. The van der Waals surface area contributed by atoms with Crippen molar-refractivity contribution < 1.29 is 9.47 Å². The summed E-state index contributed by atoms with van der Waals surface area (Å²) >= 11 is 0. The Balaban J connectivity index is 2.54. The van der Waals surface area contributed by atoms with Gasteiger partial charge in [0, 0.05) is 6.42 Å². The van der Waals surface area contributed by atoms with Gasteiger partial charge in [-0.05, 0) is 31.2 Å². The molecule has 1 aromatic carbocycles. The van der Waals surface area contributed by atoms with E-state index in [9.17, 15) is 0 Å². The highest BCUT2D eigenvalue weighted by molar-refractivity contribution is 5.31. The standard InChI is InChI=1S/C12H16O2/c1-4-5-10(2)14-12-8-6-11(13-3)7-9-12/h4,6-10H,1,5H2,2-3H3/t10-/m1/s1. The van der Waals surface area contributed by atoms with E-state index in [1.54, 1.807) is 7.11 Å². The molecule has 0 unspecified atom stereocenters. The first-order valence-electron chi connectivity index (χ1n) is 4.68. The number of hydrogen-bond acceptors (Lipinski definition) is 2.